The number of aryl methyl sites for hydroxylation is 2. The van der Waals surface area contributed by atoms with Crippen LogP contribution in [0.3, 0.4) is 0 Å². The van der Waals surface area contributed by atoms with Crippen molar-refractivity contribution < 1.29 is 14.9 Å². The number of hydrogen-bond acceptors (Lipinski definition) is 3. The van der Waals surface area contributed by atoms with Crippen LogP contribution in [0, 0.1) is 0 Å². The summed E-state index contributed by atoms with van der Waals surface area (Å²) in [6.45, 7) is 3.95. The summed E-state index contributed by atoms with van der Waals surface area (Å²) in [6, 6.07) is 10.6. The Hall–Kier alpha value is -2.16. The molecule has 0 bridgehead atoms. The average Bonchev–Trinajstić information content (AvgIpc) is 2.41. The fraction of sp³-hybridized carbons (Fsp3) is 0.250. The van der Waals surface area contributed by atoms with Gasteiger partial charge in [0.15, 0.2) is 11.5 Å². The quantitative estimate of drug-likeness (QED) is 0.871. The van der Waals surface area contributed by atoms with Gasteiger partial charge >= 0.3 is 0 Å². The summed E-state index contributed by atoms with van der Waals surface area (Å²) in [7, 11) is 0. The zero-order valence-electron chi connectivity index (χ0n) is 11.2. The SMILES string of the molecule is CCc1ccc(Oc2cccc(CC)c2O)cc1O. The van der Waals surface area contributed by atoms with Crippen LogP contribution in [0.1, 0.15) is 25.0 Å². The molecular weight excluding hydrogens is 240 g/mol. The topological polar surface area (TPSA) is 49.7 Å². The van der Waals surface area contributed by atoms with E-state index in [1.165, 1.54) is 0 Å². The summed E-state index contributed by atoms with van der Waals surface area (Å²) in [5.74, 6) is 1.29. The first-order valence-electron chi connectivity index (χ1n) is 6.46. The van der Waals surface area contributed by atoms with E-state index < -0.39 is 0 Å². The van der Waals surface area contributed by atoms with Gasteiger partial charge in [-0.3, -0.25) is 0 Å². The summed E-state index contributed by atoms with van der Waals surface area (Å²) in [5.41, 5.74) is 1.71. The Morgan fingerprint density at radius 1 is 0.947 bits per heavy atom. The molecule has 0 saturated heterocycles. The number of ether oxygens (including phenoxy) is 1. The molecule has 3 nitrogen and oxygen atoms in total. The van der Waals surface area contributed by atoms with Gasteiger partial charge < -0.3 is 14.9 Å². The molecule has 0 amide bonds. The lowest BCUT2D eigenvalue weighted by Gasteiger charge is -2.11. The molecule has 2 N–H and O–H groups in total. The highest BCUT2D eigenvalue weighted by molar-refractivity contribution is 5.49. The van der Waals surface area contributed by atoms with E-state index in [2.05, 4.69) is 0 Å². The van der Waals surface area contributed by atoms with E-state index in [4.69, 9.17) is 4.74 Å². The summed E-state index contributed by atoms with van der Waals surface area (Å²) < 4.78 is 5.62. The molecule has 19 heavy (non-hydrogen) atoms. The van der Waals surface area contributed by atoms with Crippen molar-refractivity contribution in [3.8, 4) is 23.0 Å². The maximum absolute atomic E-state index is 10.0. The number of para-hydroxylation sites is 1. The van der Waals surface area contributed by atoms with Gasteiger partial charge in [-0.2, -0.15) is 0 Å². The second kappa shape index (κ2) is 5.65. The Labute approximate surface area is 113 Å². The van der Waals surface area contributed by atoms with Crippen molar-refractivity contribution in [3.05, 3.63) is 47.5 Å². The predicted octanol–water partition coefficient (Wildman–Crippen LogP) is 4.01. The number of phenolic OH excluding ortho intramolecular Hbond substituents is 2. The summed E-state index contributed by atoms with van der Waals surface area (Å²) in [5, 5.41) is 19.8. The summed E-state index contributed by atoms with van der Waals surface area (Å²) in [4.78, 5) is 0. The maximum Gasteiger partial charge on any atom is 0.169 e. The highest BCUT2D eigenvalue weighted by Crippen LogP contribution is 2.35. The minimum atomic E-state index is 0.157. The van der Waals surface area contributed by atoms with E-state index in [1.807, 2.05) is 32.0 Å². The minimum Gasteiger partial charge on any atom is -0.508 e. The van der Waals surface area contributed by atoms with E-state index in [1.54, 1.807) is 18.2 Å². The van der Waals surface area contributed by atoms with Crippen LogP contribution >= 0.6 is 0 Å². The van der Waals surface area contributed by atoms with E-state index in [-0.39, 0.29) is 11.5 Å². The largest absolute Gasteiger partial charge is 0.508 e. The highest BCUT2D eigenvalue weighted by Gasteiger charge is 2.09. The van der Waals surface area contributed by atoms with Crippen LogP contribution in [0.25, 0.3) is 0 Å². The molecule has 2 aromatic carbocycles. The first-order valence-corrected chi connectivity index (χ1v) is 6.46. The zero-order valence-corrected chi connectivity index (χ0v) is 11.2. The molecule has 0 fully saturated rings. The number of benzene rings is 2. The van der Waals surface area contributed by atoms with Gasteiger partial charge in [-0.15, -0.1) is 0 Å². The fourth-order valence-corrected chi connectivity index (χ4v) is 1.97. The lowest BCUT2D eigenvalue weighted by molar-refractivity contribution is 0.403. The average molecular weight is 258 g/mol. The van der Waals surface area contributed by atoms with Gasteiger partial charge in [-0.1, -0.05) is 32.0 Å². The van der Waals surface area contributed by atoms with Crippen molar-refractivity contribution in [3.63, 3.8) is 0 Å². The second-order valence-corrected chi connectivity index (χ2v) is 4.36. The van der Waals surface area contributed by atoms with Crippen LogP contribution in [-0.2, 0) is 12.8 Å². The van der Waals surface area contributed by atoms with Gasteiger partial charge in [0.25, 0.3) is 0 Å². The highest BCUT2D eigenvalue weighted by atomic mass is 16.5. The van der Waals surface area contributed by atoms with Crippen LogP contribution in [-0.4, -0.2) is 10.2 Å². The van der Waals surface area contributed by atoms with Crippen molar-refractivity contribution in [1.82, 2.24) is 0 Å². The molecule has 0 spiro atoms. The molecule has 2 rings (SSSR count). The van der Waals surface area contributed by atoms with Crippen LogP contribution < -0.4 is 4.74 Å². The second-order valence-electron chi connectivity index (χ2n) is 4.36. The third-order valence-electron chi connectivity index (χ3n) is 3.13. The molecule has 0 unspecified atom stereocenters. The monoisotopic (exact) mass is 258 g/mol. The molecule has 0 aliphatic rings. The molecule has 0 radical (unpaired) electrons. The standard InChI is InChI=1S/C16H18O3/c1-3-11-8-9-13(10-14(11)17)19-15-7-5-6-12(4-2)16(15)18/h5-10,17-18H,3-4H2,1-2H3. The molecule has 2 aromatic rings. The van der Waals surface area contributed by atoms with Crippen molar-refractivity contribution in [2.45, 2.75) is 26.7 Å². The minimum absolute atomic E-state index is 0.157. The van der Waals surface area contributed by atoms with Crippen molar-refractivity contribution in [2.75, 3.05) is 0 Å². The zero-order chi connectivity index (χ0) is 13.8. The molecule has 0 saturated carbocycles. The molecule has 3 heteroatoms. The summed E-state index contributed by atoms with van der Waals surface area (Å²) in [6.07, 6.45) is 1.51. The van der Waals surface area contributed by atoms with Gasteiger partial charge in [0.05, 0.1) is 0 Å². The van der Waals surface area contributed by atoms with Crippen LogP contribution in [0.4, 0.5) is 0 Å². The molecular formula is C16H18O3. The van der Waals surface area contributed by atoms with Crippen molar-refractivity contribution in [2.24, 2.45) is 0 Å². The number of phenols is 2. The van der Waals surface area contributed by atoms with Gasteiger partial charge in [-0.25, -0.2) is 0 Å². The molecule has 0 aliphatic carbocycles. The van der Waals surface area contributed by atoms with Gasteiger partial charge in [0.1, 0.15) is 11.5 Å². The molecule has 0 heterocycles. The van der Waals surface area contributed by atoms with E-state index >= 15 is 0 Å². The van der Waals surface area contributed by atoms with Crippen LogP contribution in [0.2, 0.25) is 0 Å². The van der Waals surface area contributed by atoms with Crippen molar-refractivity contribution >= 4 is 0 Å². The van der Waals surface area contributed by atoms with E-state index in [0.29, 0.717) is 11.5 Å². The van der Waals surface area contributed by atoms with E-state index in [9.17, 15) is 10.2 Å². The fourth-order valence-electron chi connectivity index (χ4n) is 1.97. The van der Waals surface area contributed by atoms with Gasteiger partial charge in [0, 0.05) is 6.07 Å². The smallest absolute Gasteiger partial charge is 0.169 e. The Morgan fingerprint density at radius 2 is 1.68 bits per heavy atom. The first-order chi connectivity index (χ1) is 9.15. The third-order valence-corrected chi connectivity index (χ3v) is 3.13. The summed E-state index contributed by atoms with van der Waals surface area (Å²) >= 11 is 0. The molecule has 0 aromatic heterocycles. The Bertz CT molecular complexity index is 576. The molecule has 0 atom stereocenters. The van der Waals surface area contributed by atoms with Crippen LogP contribution in [0.5, 0.6) is 23.0 Å². The van der Waals surface area contributed by atoms with Gasteiger partial charge in [-0.05, 0) is 36.1 Å². The van der Waals surface area contributed by atoms with E-state index in [0.717, 1.165) is 24.0 Å². The lowest BCUT2D eigenvalue weighted by atomic mass is 10.1. The Kier molecular flexibility index (Phi) is 3.95. The van der Waals surface area contributed by atoms with Gasteiger partial charge in [0.2, 0.25) is 0 Å². The number of aromatic hydroxyl groups is 2. The third kappa shape index (κ3) is 2.81. The Morgan fingerprint density at radius 3 is 2.32 bits per heavy atom. The van der Waals surface area contributed by atoms with Crippen molar-refractivity contribution in [1.29, 1.82) is 0 Å². The maximum atomic E-state index is 10.0. The molecule has 0 aliphatic heterocycles. The lowest BCUT2D eigenvalue weighted by Crippen LogP contribution is -1.89. The molecule has 100 valence electrons. The first kappa shape index (κ1) is 13.3. The predicted molar refractivity (Wildman–Crippen MR) is 75.0 cm³/mol. The normalized spacial score (nSPS) is 10.4. The number of hydrogen-bond donors (Lipinski definition) is 2. The van der Waals surface area contributed by atoms with Crippen LogP contribution in [0.15, 0.2) is 36.4 Å². The number of rotatable bonds is 4. The Balaban J connectivity index is 2.29.